The molecule has 9 aromatic rings. The largest absolute Gasteiger partial charge is 0.252 e. The number of aromatic nitrogens is 4. The monoisotopic (exact) mass is 592 g/mol. The van der Waals surface area contributed by atoms with Crippen molar-refractivity contribution in [3.8, 4) is 45.4 Å². The average molecular weight is 593 g/mol. The zero-order valence-corrected chi connectivity index (χ0v) is 24.9. The Morgan fingerprint density at radius 2 is 1.07 bits per heavy atom. The second kappa shape index (κ2) is 10.4. The Hall–Kier alpha value is -5.78. The van der Waals surface area contributed by atoms with E-state index in [0.717, 1.165) is 27.5 Å². The molecule has 0 N–H and O–H groups in total. The van der Waals surface area contributed by atoms with Gasteiger partial charge in [-0.15, -0.1) is 11.3 Å². The highest BCUT2D eigenvalue weighted by atomic mass is 32.1. The Bertz CT molecular complexity index is 2550. The third-order valence-corrected chi connectivity index (χ3v) is 9.50. The maximum atomic E-state index is 5.10. The summed E-state index contributed by atoms with van der Waals surface area (Å²) >= 11 is 1.79. The molecule has 0 bridgehead atoms. The highest BCUT2D eigenvalue weighted by molar-refractivity contribution is 7.25. The minimum absolute atomic E-state index is 0.552. The van der Waals surface area contributed by atoms with Crippen LogP contribution in [0.5, 0.6) is 0 Å². The predicted molar refractivity (Wildman–Crippen MR) is 187 cm³/mol. The number of rotatable bonds is 4. The van der Waals surface area contributed by atoms with E-state index in [0.29, 0.717) is 23.2 Å². The maximum Gasteiger partial charge on any atom is 0.182 e. The molecule has 4 nitrogen and oxygen atoms in total. The Labute approximate surface area is 263 Å². The zero-order chi connectivity index (χ0) is 29.7. The summed E-state index contributed by atoms with van der Waals surface area (Å²) in [7, 11) is 0. The van der Waals surface area contributed by atoms with Gasteiger partial charge in [-0.05, 0) is 51.6 Å². The Morgan fingerprint density at radius 1 is 0.422 bits per heavy atom. The van der Waals surface area contributed by atoms with E-state index in [1.165, 1.54) is 36.5 Å². The van der Waals surface area contributed by atoms with Crippen molar-refractivity contribution in [1.82, 2.24) is 19.9 Å². The smallest absolute Gasteiger partial charge is 0.182 e. The van der Waals surface area contributed by atoms with E-state index in [-0.39, 0.29) is 0 Å². The third kappa shape index (κ3) is 4.53. The molecule has 0 unspecified atom stereocenters. The van der Waals surface area contributed by atoms with Crippen LogP contribution in [0.25, 0.3) is 87.1 Å². The number of benzene rings is 6. The first-order chi connectivity index (χ1) is 22.3. The van der Waals surface area contributed by atoms with Crippen LogP contribution in [0, 0.1) is 0 Å². The van der Waals surface area contributed by atoms with Gasteiger partial charge in [0, 0.05) is 42.9 Å². The fourth-order valence-electron chi connectivity index (χ4n) is 6.09. The first kappa shape index (κ1) is 25.7. The zero-order valence-electron chi connectivity index (χ0n) is 24.1. The van der Waals surface area contributed by atoms with Crippen molar-refractivity contribution < 1.29 is 0 Å². The fraction of sp³-hybridized carbons (Fsp3) is 0. The van der Waals surface area contributed by atoms with E-state index in [1.54, 1.807) is 11.3 Å². The van der Waals surface area contributed by atoms with Crippen LogP contribution in [0.3, 0.4) is 0 Å². The number of pyridine rings is 1. The molecule has 0 aliphatic heterocycles. The SMILES string of the molecule is c1ccc2cc(-c3ccc(-c4nc(-c5cc6ccccc6cn5)nc(-c5cccc6sc7ccccc7c56)n4)cc3)ccc2c1. The Balaban J connectivity index is 1.21. The molecule has 45 heavy (non-hydrogen) atoms. The van der Waals surface area contributed by atoms with E-state index in [2.05, 4.69) is 127 Å². The average Bonchev–Trinajstić information content (AvgIpc) is 3.50. The lowest BCUT2D eigenvalue weighted by Crippen LogP contribution is -2.01. The minimum atomic E-state index is 0.552. The lowest BCUT2D eigenvalue weighted by molar-refractivity contribution is 1.06. The van der Waals surface area contributed by atoms with E-state index in [4.69, 9.17) is 19.9 Å². The van der Waals surface area contributed by atoms with Crippen molar-refractivity contribution in [3.05, 3.63) is 146 Å². The first-order valence-electron chi connectivity index (χ1n) is 14.9. The molecule has 0 saturated heterocycles. The van der Waals surface area contributed by atoms with Crippen molar-refractivity contribution in [1.29, 1.82) is 0 Å². The molecule has 0 radical (unpaired) electrons. The predicted octanol–water partition coefficient (Wildman–Crippen LogP) is 10.6. The number of nitrogens with zero attached hydrogens (tertiary/aromatic N) is 4. The first-order valence-corrected chi connectivity index (χ1v) is 15.7. The highest BCUT2D eigenvalue weighted by Crippen LogP contribution is 2.39. The van der Waals surface area contributed by atoms with Crippen molar-refractivity contribution >= 4 is 53.1 Å². The molecule has 0 amide bonds. The molecule has 0 saturated carbocycles. The summed E-state index contributed by atoms with van der Waals surface area (Å²) in [5.74, 6) is 1.81. The lowest BCUT2D eigenvalue weighted by atomic mass is 10.00. The van der Waals surface area contributed by atoms with Gasteiger partial charge >= 0.3 is 0 Å². The number of hydrogen-bond acceptors (Lipinski definition) is 5. The molecule has 210 valence electrons. The van der Waals surface area contributed by atoms with Gasteiger partial charge in [-0.1, -0.05) is 115 Å². The topological polar surface area (TPSA) is 51.6 Å². The van der Waals surface area contributed by atoms with Crippen molar-refractivity contribution in [3.63, 3.8) is 0 Å². The quantitative estimate of drug-likeness (QED) is 0.204. The summed E-state index contributed by atoms with van der Waals surface area (Å²) in [6.45, 7) is 0. The molecule has 0 aliphatic carbocycles. The van der Waals surface area contributed by atoms with Crippen LogP contribution in [0.4, 0.5) is 0 Å². The second-order valence-electron chi connectivity index (χ2n) is 11.1. The molecule has 0 atom stereocenters. The standard InChI is InChI=1S/C40H24N4S/c1-2-9-28-22-30(21-18-25(28)8-1)26-16-19-27(20-17-26)38-42-39(33-13-7-15-36-37(33)32-12-5-6-14-35(32)45-36)44-40(43-38)34-23-29-10-3-4-11-31(29)24-41-34/h1-24H. The number of hydrogen-bond donors (Lipinski definition) is 0. The molecule has 0 spiro atoms. The van der Waals surface area contributed by atoms with E-state index >= 15 is 0 Å². The minimum Gasteiger partial charge on any atom is -0.252 e. The summed E-state index contributed by atoms with van der Waals surface area (Å²) in [5.41, 5.74) is 4.95. The third-order valence-electron chi connectivity index (χ3n) is 8.36. The molecular formula is C40H24N4S. The summed E-state index contributed by atoms with van der Waals surface area (Å²) in [6.07, 6.45) is 1.89. The normalized spacial score (nSPS) is 11.6. The maximum absolute atomic E-state index is 5.10. The van der Waals surface area contributed by atoms with Crippen LogP contribution < -0.4 is 0 Å². The van der Waals surface area contributed by atoms with Crippen molar-refractivity contribution in [2.45, 2.75) is 0 Å². The van der Waals surface area contributed by atoms with Crippen LogP contribution in [0.2, 0.25) is 0 Å². The summed E-state index contributed by atoms with van der Waals surface area (Å²) in [5, 5.41) is 7.01. The van der Waals surface area contributed by atoms with Gasteiger partial charge < -0.3 is 0 Å². The van der Waals surface area contributed by atoms with Crippen LogP contribution in [-0.4, -0.2) is 19.9 Å². The number of thiophene rings is 1. The summed E-state index contributed by atoms with van der Waals surface area (Å²) < 4.78 is 2.45. The fourth-order valence-corrected chi connectivity index (χ4v) is 7.22. The van der Waals surface area contributed by atoms with Gasteiger partial charge in [-0.25, -0.2) is 15.0 Å². The van der Waals surface area contributed by atoms with Crippen molar-refractivity contribution in [2.24, 2.45) is 0 Å². The summed E-state index contributed by atoms with van der Waals surface area (Å²) in [6, 6.07) is 48.7. The molecule has 3 heterocycles. The number of fused-ring (bicyclic) bond motifs is 5. The van der Waals surface area contributed by atoms with Gasteiger partial charge in [0.15, 0.2) is 17.5 Å². The molecule has 3 aromatic heterocycles. The molecular weight excluding hydrogens is 569 g/mol. The van der Waals surface area contributed by atoms with Gasteiger partial charge in [-0.3, -0.25) is 4.98 Å². The van der Waals surface area contributed by atoms with Gasteiger partial charge in [0.25, 0.3) is 0 Å². The van der Waals surface area contributed by atoms with Crippen LogP contribution in [0.1, 0.15) is 0 Å². The van der Waals surface area contributed by atoms with Gasteiger partial charge in [0.2, 0.25) is 0 Å². The lowest BCUT2D eigenvalue weighted by Gasteiger charge is -2.10. The van der Waals surface area contributed by atoms with E-state index in [1.807, 2.05) is 18.3 Å². The molecule has 0 aliphatic rings. The van der Waals surface area contributed by atoms with Crippen LogP contribution in [0.15, 0.2) is 146 Å². The van der Waals surface area contributed by atoms with Gasteiger partial charge in [0.05, 0.1) is 0 Å². The molecule has 5 heteroatoms. The summed E-state index contributed by atoms with van der Waals surface area (Å²) in [4.78, 5) is 19.9. The van der Waals surface area contributed by atoms with Gasteiger partial charge in [-0.2, -0.15) is 0 Å². The molecule has 0 fully saturated rings. The van der Waals surface area contributed by atoms with Crippen LogP contribution in [-0.2, 0) is 0 Å². The van der Waals surface area contributed by atoms with Crippen LogP contribution >= 0.6 is 11.3 Å². The Kier molecular flexibility index (Phi) is 5.96. The van der Waals surface area contributed by atoms with E-state index in [9.17, 15) is 0 Å². The molecule has 6 aromatic carbocycles. The van der Waals surface area contributed by atoms with Gasteiger partial charge in [0.1, 0.15) is 5.69 Å². The Morgan fingerprint density at radius 3 is 1.93 bits per heavy atom. The second-order valence-corrected chi connectivity index (χ2v) is 12.2. The van der Waals surface area contributed by atoms with E-state index < -0.39 is 0 Å². The molecule has 9 rings (SSSR count). The highest BCUT2D eigenvalue weighted by Gasteiger charge is 2.17. The van der Waals surface area contributed by atoms with Crippen molar-refractivity contribution in [2.75, 3.05) is 0 Å².